The van der Waals surface area contributed by atoms with Crippen molar-refractivity contribution in [3.8, 4) is 0 Å². The highest BCUT2D eigenvalue weighted by Crippen LogP contribution is 2.15. The van der Waals surface area contributed by atoms with E-state index in [-0.39, 0.29) is 6.04 Å². The van der Waals surface area contributed by atoms with Crippen LogP contribution in [0.25, 0.3) is 0 Å². The highest BCUT2D eigenvalue weighted by atomic mass is 16.5. The summed E-state index contributed by atoms with van der Waals surface area (Å²) in [5, 5.41) is 0. The van der Waals surface area contributed by atoms with Crippen LogP contribution in [0.2, 0.25) is 0 Å². The zero-order chi connectivity index (χ0) is 12.7. The third-order valence-corrected chi connectivity index (χ3v) is 3.84. The lowest BCUT2D eigenvalue weighted by Gasteiger charge is -2.37. The Balaban J connectivity index is 2.21. The van der Waals surface area contributed by atoms with Gasteiger partial charge in [-0.2, -0.15) is 0 Å². The molecule has 1 fully saturated rings. The number of nitrogens with two attached hydrogens (primary N) is 1. The van der Waals surface area contributed by atoms with Gasteiger partial charge < -0.3 is 20.3 Å². The highest BCUT2D eigenvalue weighted by molar-refractivity contribution is 4.79. The summed E-state index contributed by atoms with van der Waals surface area (Å²) in [6, 6.07) is 0.954. The SMILES string of the molecule is CCN1CCC(N(C)CC(N)CCOC)CC1. The summed E-state index contributed by atoms with van der Waals surface area (Å²) in [5.74, 6) is 0. The molecule has 1 aliphatic rings. The predicted octanol–water partition coefficient (Wildman–Crippen LogP) is 0.766. The Labute approximate surface area is 106 Å². The average Bonchev–Trinajstić information content (AvgIpc) is 2.36. The summed E-state index contributed by atoms with van der Waals surface area (Å²) in [6.07, 6.45) is 3.51. The number of hydrogen-bond donors (Lipinski definition) is 1. The largest absolute Gasteiger partial charge is 0.385 e. The third-order valence-electron chi connectivity index (χ3n) is 3.84. The van der Waals surface area contributed by atoms with E-state index < -0.39 is 0 Å². The van der Waals surface area contributed by atoms with Crippen LogP contribution in [-0.4, -0.2) is 68.8 Å². The second kappa shape index (κ2) is 8.03. The number of rotatable bonds is 7. The Bertz CT molecular complexity index is 193. The van der Waals surface area contributed by atoms with Crippen LogP contribution < -0.4 is 5.73 Å². The van der Waals surface area contributed by atoms with Gasteiger partial charge in [-0.05, 0) is 45.9 Å². The molecule has 0 aliphatic carbocycles. The molecule has 1 atom stereocenters. The van der Waals surface area contributed by atoms with Crippen LogP contribution in [0, 0.1) is 0 Å². The number of methoxy groups -OCH3 is 1. The average molecular weight is 243 g/mol. The number of piperidine rings is 1. The van der Waals surface area contributed by atoms with Crippen molar-refractivity contribution in [3.63, 3.8) is 0 Å². The summed E-state index contributed by atoms with van der Waals surface area (Å²) < 4.78 is 5.06. The molecule has 0 amide bonds. The maximum absolute atomic E-state index is 6.09. The summed E-state index contributed by atoms with van der Waals surface area (Å²) in [4.78, 5) is 4.96. The zero-order valence-electron chi connectivity index (χ0n) is 11.7. The molecule has 0 aromatic heterocycles. The van der Waals surface area contributed by atoms with Gasteiger partial charge in [-0.25, -0.2) is 0 Å². The maximum Gasteiger partial charge on any atom is 0.0477 e. The summed E-state index contributed by atoms with van der Waals surface area (Å²) in [5.41, 5.74) is 6.09. The first-order chi connectivity index (χ1) is 8.17. The van der Waals surface area contributed by atoms with Crippen molar-refractivity contribution in [2.45, 2.75) is 38.3 Å². The lowest BCUT2D eigenvalue weighted by Crippen LogP contribution is -2.47. The van der Waals surface area contributed by atoms with Crippen molar-refractivity contribution in [1.29, 1.82) is 0 Å². The van der Waals surface area contributed by atoms with Crippen molar-refractivity contribution in [2.24, 2.45) is 5.73 Å². The van der Waals surface area contributed by atoms with E-state index in [1.807, 2.05) is 0 Å². The van der Waals surface area contributed by atoms with Crippen molar-refractivity contribution in [3.05, 3.63) is 0 Å². The molecule has 2 N–H and O–H groups in total. The minimum atomic E-state index is 0.240. The van der Waals surface area contributed by atoms with Gasteiger partial charge in [-0.1, -0.05) is 6.92 Å². The van der Waals surface area contributed by atoms with Gasteiger partial charge in [0.05, 0.1) is 0 Å². The molecule has 0 radical (unpaired) electrons. The molecule has 0 bridgehead atoms. The molecule has 0 aromatic carbocycles. The number of nitrogens with zero attached hydrogens (tertiary/aromatic N) is 2. The van der Waals surface area contributed by atoms with Crippen molar-refractivity contribution in [1.82, 2.24) is 9.80 Å². The Kier molecular flexibility index (Phi) is 7.04. The zero-order valence-corrected chi connectivity index (χ0v) is 11.7. The third kappa shape index (κ3) is 5.34. The van der Waals surface area contributed by atoms with Gasteiger partial charge in [0.2, 0.25) is 0 Å². The molecule has 0 saturated carbocycles. The fourth-order valence-electron chi connectivity index (χ4n) is 2.56. The molecule has 17 heavy (non-hydrogen) atoms. The van der Waals surface area contributed by atoms with Gasteiger partial charge in [0.15, 0.2) is 0 Å². The molecular weight excluding hydrogens is 214 g/mol. The topological polar surface area (TPSA) is 41.7 Å². The van der Waals surface area contributed by atoms with E-state index in [1.165, 1.54) is 32.5 Å². The molecule has 1 rings (SSSR count). The van der Waals surface area contributed by atoms with Crippen LogP contribution in [0.5, 0.6) is 0 Å². The second-order valence-electron chi connectivity index (χ2n) is 5.15. The summed E-state index contributed by atoms with van der Waals surface area (Å²) in [6.45, 7) is 7.65. The van der Waals surface area contributed by atoms with E-state index in [9.17, 15) is 0 Å². The van der Waals surface area contributed by atoms with Crippen LogP contribution in [0.3, 0.4) is 0 Å². The number of likely N-dealkylation sites (tertiary alicyclic amines) is 1. The molecule has 1 saturated heterocycles. The summed E-state index contributed by atoms with van der Waals surface area (Å²) in [7, 11) is 3.94. The van der Waals surface area contributed by atoms with Gasteiger partial charge in [0, 0.05) is 32.3 Å². The number of likely N-dealkylation sites (N-methyl/N-ethyl adjacent to an activating group) is 1. The van der Waals surface area contributed by atoms with E-state index in [1.54, 1.807) is 7.11 Å². The predicted molar refractivity (Wildman–Crippen MR) is 72.2 cm³/mol. The molecule has 1 aliphatic heterocycles. The van der Waals surface area contributed by atoms with Crippen molar-refractivity contribution in [2.75, 3.05) is 46.9 Å². The minimum Gasteiger partial charge on any atom is -0.385 e. The van der Waals surface area contributed by atoms with Gasteiger partial charge >= 0.3 is 0 Å². The minimum absolute atomic E-state index is 0.240. The normalized spacial score (nSPS) is 21.0. The molecule has 0 aromatic rings. The van der Waals surface area contributed by atoms with Gasteiger partial charge in [0.25, 0.3) is 0 Å². The van der Waals surface area contributed by atoms with Crippen molar-refractivity contribution >= 4 is 0 Å². The molecule has 4 heteroatoms. The Morgan fingerprint density at radius 3 is 2.59 bits per heavy atom. The second-order valence-corrected chi connectivity index (χ2v) is 5.15. The van der Waals surface area contributed by atoms with Crippen LogP contribution in [0.4, 0.5) is 0 Å². The van der Waals surface area contributed by atoms with Gasteiger partial charge in [-0.15, -0.1) is 0 Å². The maximum atomic E-state index is 6.09. The summed E-state index contributed by atoms with van der Waals surface area (Å²) >= 11 is 0. The number of hydrogen-bond acceptors (Lipinski definition) is 4. The first kappa shape index (κ1) is 14.9. The lowest BCUT2D eigenvalue weighted by atomic mass is 10.0. The molecule has 102 valence electrons. The van der Waals surface area contributed by atoms with Crippen LogP contribution in [0.15, 0.2) is 0 Å². The van der Waals surface area contributed by atoms with Crippen LogP contribution >= 0.6 is 0 Å². The molecule has 1 unspecified atom stereocenters. The smallest absolute Gasteiger partial charge is 0.0477 e. The molecule has 1 heterocycles. The first-order valence-corrected chi connectivity index (χ1v) is 6.84. The van der Waals surface area contributed by atoms with Gasteiger partial charge in [0.1, 0.15) is 0 Å². The molecular formula is C13H29N3O. The quantitative estimate of drug-likeness (QED) is 0.717. The standard InChI is InChI=1S/C13H29N3O/c1-4-16-8-5-13(6-9-16)15(2)11-12(14)7-10-17-3/h12-13H,4-11,14H2,1-3H3. The van der Waals surface area contributed by atoms with Gasteiger partial charge in [-0.3, -0.25) is 0 Å². The van der Waals surface area contributed by atoms with E-state index in [0.29, 0.717) is 6.04 Å². The van der Waals surface area contributed by atoms with E-state index in [0.717, 1.165) is 19.6 Å². The van der Waals surface area contributed by atoms with Crippen LogP contribution in [-0.2, 0) is 4.74 Å². The Morgan fingerprint density at radius 1 is 1.41 bits per heavy atom. The first-order valence-electron chi connectivity index (χ1n) is 6.84. The van der Waals surface area contributed by atoms with E-state index >= 15 is 0 Å². The molecule has 4 nitrogen and oxygen atoms in total. The molecule has 0 spiro atoms. The number of ether oxygens (including phenoxy) is 1. The fraction of sp³-hybridized carbons (Fsp3) is 1.00. The fourth-order valence-corrected chi connectivity index (χ4v) is 2.56. The Hall–Kier alpha value is -0.160. The van der Waals surface area contributed by atoms with Crippen LogP contribution in [0.1, 0.15) is 26.2 Å². The lowest BCUT2D eigenvalue weighted by molar-refractivity contribution is 0.120. The van der Waals surface area contributed by atoms with Crippen molar-refractivity contribution < 1.29 is 4.74 Å². The monoisotopic (exact) mass is 243 g/mol. The van der Waals surface area contributed by atoms with E-state index in [2.05, 4.69) is 23.8 Å². The Morgan fingerprint density at radius 2 is 2.06 bits per heavy atom. The highest BCUT2D eigenvalue weighted by Gasteiger charge is 2.22. The van der Waals surface area contributed by atoms with E-state index in [4.69, 9.17) is 10.5 Å².